The van der Waals surface area contributed by atoms with Crippen LogP contribution in [0.25, 0.3) is 11.1 Å². The van der Waals surface area contributed by atoms with Gasteiger partial charge in [0.25, 0.3) is 0 Å². The average Bonchev–Trinajstić information content (AvgIpc) is 3.02. The van der Waals surface area contributed by atoms with Crippen LogP contribution in [0.4, 0.5) is 0 Å². The summed E-state index contributed by atoms with van der Waals surface area (Å²) in [5.41, 5.74) is 2.99. The van der Waals surface area contributed by atoms with E-state index in [1.807, 2.05) is 61.2 Å². The van der Waals surface area contributed by atoms with Crippen molar-refractivity contribution in [3.05, 3.63) is 59.1 Å². The van der Waals surface area contributed by atoms with E-state index in [0.29, 0.717) is 24.4 Å². The number of carbonyl (C=O) groups excluding carboxylic acids is 1. The molecule has 1 heterocycles. The third-order valence-corrected chi connectivity index (χ3v) is 6.31. The van der Waals surface area contributed by atoms with Crippen molar-refractivity contribution in [2.75, 3.05) is 12.8 Å². The molecule has 2 aromatic carbocycles. The molecule has 0 aromatic heterocycles. The molecule has 0 aliphatic carbocycles. The predicted octanol–water partition coefficient (Wildman–Crippen LogP) is 3.72. The Morgan fingerprint density at radius 2 is 1.93 bits per heavy atom. The molecule has 0 bridgehead atoms. The highest BCUT2D eigenvalue weighted by molar-refractivity contribution is 7.88. The predicted molar refractivity (Wildman–Crippen MR) is 117 cm³/mol. The van der Waals surface area contributed by atoms with E-state index in [4.69, 9.17) is 11.6 Å². The zero-order valence-corrected chi connectivity index (χ0v) is 18.5. The van der Waals surface area contributed by atoms with Gasteiger partial charge in [-0.05, 0) is 30.0 Å². The molecule has 1 aliphatic rings. The lowest BCUT2D eigenvalue weighted by atomic mass is 9.96. The third-order valence-electron chi connectivity index (χ3n) is 5.24. The zero-order chi connectivity index (χ0) is 21.2. The van der Waals surface area contributed by atoms with Crippen molar-refractivity contribution in [1.29, 1.82) is 0 Å². The number of halogens is 1. The Kier molecular flexibility index (Phi) is 6.66. The summed E-state index contributed by atoms with van der Waals surface area (Å²) in [5.74, 6) is -0.0843. The minimum Gasteiger partial charge on any atom is -0.337 e. The summed E-state index contributed by atoms with van der Waals surface area (Å²) in [5, 5.41) is 0.679. The van der Waals surface area contributed by atoms with E-state index in [2.05, 4.69) is 10.8 Å². The molecule has 2 atom stereocenters. The monoisotopic (exact) mass is 434 g/mol. The van der Waals surface area contributed by atoms with E-state index in [1.54, 1.807) is 0 Å². The number of hydrogen-bond acceptors (Lipinski definition) is 3. The standard InChI is InChI=1S/C22H27ClN2O3S/c1-15(2)22(26)25-12-11-20(24-29(3,27)28)21(25)14-16-7-6-8-17(13-16)18-9-4-5-10-19(18)23/h4-10,13,15,20-21,24H,11-12,14H2,1-3H3/t20-,21-/m0/s1. The Hall–Kier alpha value is -1.89. The first kappa shape index (κ1) is 21.8. The number of carbonyl (C=O) groups is 1. The van der Waals surface area contributed by atoms with Gasteiger partial charge in [-0.2, -0.15) is 0 Å². The number of benzene rings is 2. The number of nitrogens with one attached hydrogen (secondary N) is 1. The van der Waals surface area contributed by atoms with Crippen molar-refractivity contribution >= 4 is 27.5 Å². The van der Waals surface area contributed by atoms with Gasteiger partial charge in [0.2, 0.25) is 15.9 Å². The molecule has 1 N–H and O–H groups in total. The van der Waals surface area contributed by atoms with Crippen LogP contribution >= 0.6 is 11.6 Å². The largest absolute Gasteiger partial charge is 0.337 e. The molecule has 29 heavy (non-hydrogen) atoms. The van der Waals surface area contributed by atoms with Crippen LogP contribution in [0.2, 0.25) is 5.02 Å². The van der Waals surface area contributed by atoms with Crippen molar-refractivity contribution in [2.45, 2.75) is 38.8 Å². The maximum atomic E-state index is 12.7. The zero-order valence-electron chi connectivity index (χ0n) is 16.9. The molecule has 1 amide bonds. The third kappa shape index (κ3) is 5.38. The molecule has 1 aliphatic heterocycles. The molecular formula is C22H27ClN2O3S. The van der Waals surface area contributed by atoms with Gasteiger partial charge in [-0.1, -0.05) is 67.9 Å². The summed E-state index contributed by atoms with van der Waals surface area (Å²) >= 11 is 6.35. The molecule has 0 saturated carbocycles. The van der Waals surface area contributed by atoms with Gasteiger partial charge in [0, 0.05) is 29.1 Å². The van der Waals surface area contributed by atoms with Crippen molar-refractivity contribution in [2.24, 2.45) is 5.92 Å². The number of amides is 1. The molecule has 0 unspecified atom stereocenters. The van der Waals surface area contributed by atoms with Crippen LogP contribution in [0.5, 0.6) is 0 Å². The molecular weight excluding hydrogens is 408 g/mol. The molecule has 0 radical (unpaired) electrons. The van der Waals surface area contributed by atoms with E-state index < -0.39 is 10.0 Å². The molecule has 3 rings (SSSR count). The quantitative estimate of drug-likeness (QED) is 0.753. The highest BCUT2D eigenvalue weighted by Gasteiger charge is 2.38. The molecule has 5 nitrogen and oxygen atoms in total. The van der Waals surface area contributed by atoms with Gasteiger partial charge in [0.05, 0.1) is 12.3 Å². The SMILES string of the molecule is CC(C)C(=O)N1CC[C@H](NS(C)(=O)=O)[C@@H]1Cc1cccc(-c2ccccc2Cl)c1. The Bertz CT molecular complexity index is 991. The minimum absolute atomic E-state index is 0.0510. The van der Waals surface area contributed by atoms with Crippen LogP contribution in [0, 0.1) is 5.92 Å². The van der Waals surface area contributed by atoms with Crippen LogP contribution < -0.4 is 4.72 Å². The van der Waals surface area contributed by atoms with Crippen LogP contribution in [0.1, 0.15) is 25.8 Å². The van der Waals surface area contributed by atoms with Gasteiger partial charge in [-0.15, -0.1) is 0 Å². The first-order chi connectivity index (χ1) is 13.7. The maximum Gasteiger partial charge on any atom is 0.225 e. The summed E-state index contributed by atoms with van der Waals surface area (Å²) in [7, 11) is -3.36. The fourth-order valence-electron chi connectivity index (χ4n) is 3.93. The average molecular weight is 435 g/mol. The maximum absolute atomic E-state index is 12.7. The summed E-state index contributed by atoms with van der Waals surface area (Å²) in [6.45, 7) is 4.29. The van der Waals surface area contributed by atoms with E-state index in [1.165, 1.54) is 0 Å². The lowest BCUT2D eigenvalue weighted by Crippen LogP contribution is -2.48. The number of rotatable bonds is 6. The smallest absolute Gasteiger partial charge is 0.225 e. The second kappa shape index (κ2) is 8.86. The second-order valence-corrected chi connectivity index (χ2v) is 10.1. The summed E-state index contributed by atoms with van der Waals surface area (Å²) < 4.78 is 26.4. The number of sulfonamides is 1. The number of likely N-dealkylation sites (tertiary alicyclic amines) is 1. The first-order valence-electron chi connectivity index (χ1n) is 9.77. The Morgan fingerprint density at radius 3 is 2.59 bits per heavy atom. The van der Waals surface area contributed by atoms with Crippen molar-refractivity contribution in [3.8, 4) is 11.1 Å². The van der Waals surface area contributed by atoms with Crippen molar-refractivity contribution in [1.82, 2.24) is 9.62 Å². The van der Waals surface area contributed by atoms with Crippen LogP contribution in [-0.2, 0) is 21.2 Å². The normalized spacial score (nSPS) is 19.7. The van der Waals surface area contributed by atoms with Gasteiger partial charge in [-0.3, -0.25) is 4.79 Å². The molecule has 7 heteroatoms. The fourth-order valence-corrected chi connectivity index (χ4v) is 5.00. The van der Waals surface area contributed by atoms with Gasteiger partial charge < -0.3 is 4.90 Å². The highest BCUT2D eigenvalue weighted by atomic mass is 35.5. The molecule has 156 valence electrons. The summed E-state index contributed by atoms with van der Waals surface area (Å²) in [6.07, 6.45) is 2.35. The summed E-state index contributed by atoms with van der Waals surface area (Å²) in [4.78, 5) is 14.6. The van der Waals surface area contributed by atoms with Crippen LogP contribution in [0.3, 0.4) is 0 Å². The van der Waals surface area contributed by atoms with Gasteiger partial charge >= 0.3 is 0 Å². The Morgan fingerprint density at radius 1 is 1.21 bits per heavy atom. The Labute approximate surface area is 178 Å². The Balaban J connectivity index is 1.90. The van der Waals surface area contributed by atoms with Gasteiger partial charge in [0.1, 0.15) is 0 Å². The molecule has 0 spiro atoms. The molecule has 1 saturated heterocycles. The highest BCUT2D eigenvalue weighted by Crippen LogP contribution is 2.30. The van der Waals surface area contributed by atoms with Gasteiger partial charge in [0.15, 0.2) is 0 Å². The topological polar surface area (TPSA) is 66.5 Å². The minimum atomic E-state index is -3.36. The van der Waals surface area contributed by atoms with Crippen molar-refractivity contribution < 1.29 is 13.2 Å². The van der Waals surface area contributed by atoms with E-state index in [0.717, 1.165) is 22.9 Å². The number of hydrogen-bond donors (Lipinski definition) is 1. The second-order valence-electron chi connectivity index (χ2n) is 7.92. The lowest BCUT2D eigenvalue weighted by Gasteiger charge is -2.30. The van der Waals surface area contributed by atoms with Crippen LogP contribution in [0.15, 0.2) is 48.5 Å². The van der Waals surface area contributed by atoms with E-state index >= 15 is 0 Å². The molecule has 1 fully saturated rings. The fraction of sp³-hybridized carbons (Fsp3) is 0.409. The van der Waals surface area contributed by atoms with Crippen LogP contribution in [-0.4, -0.2) is 44.1 Å². The van der Waals surface area contributed by atoms with Gasteiger partial charge in [-0.25, -0.2) is 13.1 Å². The first-order valence-corrected chi connectivity index (χ1v) is 12.0. The lowest BCUT2D eigenvalue weighted by molar-refractivity contribution is -0.135. The number of nitrogens with zero attached hydrogens (tertiary/aromatic N) is 1. The molecule has 2 aromatic rings. The van der Waals surface area contributed by atoms with Crippen molar-refractivity contribution in [3.63, 3.8) is 0 Å². The summed E-state index contributed by atoms with van der Waals surface area (Å²) in [6, 6.07) is 15.2. The van der Waals surface area contributed by atoms with E-state index in [9.17, 15) is 13.2 Å². The van der Waals surface area contributed by atoms with E-state index in [-0.39, 0.29) is 23.9 Å².